The second-order valence-electron chi connectivity index (χ2n) is 4.04. The van der Waals surface area contributed by atoms with Gasteiger partial charge in [-0.2, -0.15) is 4.31 Å². The predicted octanol–water partition coefficient (Wildman–Crippen LogP) is 1.94. The Morgan fingerprint density at radius 2 is 1.89 bits per heavy atom. The molecule has 0 aliphatic heterocycles. The van der Waals surface area contributed by atoms with E-state index in [0.29, 0.717) is 23.2 Å². The van der Waals surface area contributed by atoms with Crippen molar-refractivity contribution in [2.75, 3.05) is 18.5 Å². The Bertz CT molecular complexity index is 515. The lowest BCUT2D eigenvalue weighted by molar-refractivity contribution is 0.410. The minimum Gasteiger partial charge on any atom is -0.322 e. The quantitative estimate of drug-likeness (QED) is 0.579. The van der Waals surface area contributed by atoms with Crippen LogP contribution in [0.25, 0.3) is 0 Å². The van der Waals surface area contributed by atoms with Crippen LogP contribution in [0.3, 0.4) is 0 Å². The Kier molecular flexibility index (Phi) is 6.18. The van der Waals surface area contributed by atoms with Crippen molar-refractivity contribution in [3.05, 3.63) is 16.9 Å². The molecule has 0 spiro atoms. The van der Waals surface area contributed by atoms with E-state index in [1.165, 1.54) is 16.7 Å². The van der Waals surface area contributed by atoms with Gasteiger partial charge in [0.05, 0.1) is 10.2 Å². The minimum absolute atomic E-state index is 0.0891. The van der Waals surface area contributed by atoms with Gasteiger partial charge in [-0.1, -0.05) is 13.8 Å². The second-order valence-corrected chi connectivity index (χ2v) is 6.80. The minimum atomic E-state index is -3.59. The smallest absolute Gasteiger partial charge is 0.246 e. The van der Waals surface area contributed by atoms with E-state index in [1.807, 2.05) is 13.8 Å². The third-order valence-corrected chi connectivity index (χ3v) is 5.08. The molecule has 8 heteroatoms. The maximum atomic E-state index is 12.6. The van der Waals surface area contributed by atoms with Crippen LogP contribution in [-0.2, 0) is 10.0 Å². The predicted molar refractivity (Wildman–Crippen MR) is 79.1 cm³/mol. The lowest BCUT2D eigenvalue weighted by atomic mass is 10.4. The molecule has 0 atom stereocenters. The zero-order valence-corrected chi connectivity index (χ0v) is 13.5. The van der Waals surface area contributed by atoms with E-state index in [-0.39, 0.29) is 4.90 Å². The molecular weight excluding hydrogens is 332 g/mol. The number of aromatic nitrogens is 1. The van der Waals surface area contributed by atoms with Gasteiger partial charge in [0.15, 0.2) is 0 Å². The molecule has 3 N–H and O–H groups in total. The molecule has 0 radical (unpaired) electrons. The molecule has 108 valence electrons. The molecule has 1 aromatic rings. The summed E-state index contributed by atoms with van der Waals surface area (Å²) < 4.78 is 27.2. The second kappa shape index (κ2) is 7.18. The van der Waals surface area contributed by atoms with Gasteiger partial charge in [0.2, 0.25) is 10.0 Å². The number of hydrogen-bond donors (Lipinski definition) is 2. The highest BCUT2D eigenvalue weighted by Gasteiger charge is 2.27. The Balaban J connectivity index is 3.28. The maximum absolute atomic E-state index is 12.6. The van der Waals surface area contributed by atoms with Crippen molar-refractivity contribution in [3.63, 3.8) is 0 Å². The molecule has 0 amide bonds. The number of hydrogen-bond acceptors (Lipinski definition) is 5. The summed E-state index contributed by atoms with van der Waals surface area (Å²) in [6.07, 6.45) is 4.32. The molecule has 1 aromatic heterocycles. The number of nitrogen functional groups attached to an aromatic ring is 1. The van der Waals surface area contributed by atoms with E-state index in [9.17, 15) is 8.42 Å². The lowest BCUT2D eigenvalue weighted by Gasteiger charge is -2.22. The number of hydrazine groups is 1. The number of pyridine rings is 1. The third kappa shape index (κ3) is 3.65. The monoisotopic (exact) mass is 350 g/mol. The summed E-state index contributed by atoms with van der Waals surface area (Å²) in [5.74, 6) is 5.41. The fourth-order valence-electron chi connectivity index (χ4n) is 1.74. The number of nitrogens with two attached hydrogens (primary N) is 1. The molecule has 0 aliphatic rings. The van der Waals surface area contributed by atoms with E-state index in [4.69, 9.17) is 5.84 Å². The number of nitrogens with one attached hydrogen (secondary N) is 1. The first kappa shape index (κ1) is 16.4. The summed E-state index contributed by atoms with van der Waals surface area (Å²) in [5.41, 5.74) is 2.74. The molecule has 1 rings (SSSR count). The fourth-order valence-corrected chi connectivity index (χ4v) is 4.07. The molecule has 1 heterocycles. The van der Waals surface area contributed by atoms with Crippen LogP contribution >= 0.6 is 15.9 Å². The highest BCUT2D eigenvalue weighted by molar-refractivity contribution is 9.10. The summed E-state index contributed by atoms with van der Waals surface area (Å²) in [5, 5.41) is 0. The van der Waals surface area contributed by atoms with Crippen LogP contribution in [0.5, 0.6) is 0 Å². The van der Waals surface area contributed by atoms with E-state index in [1.54, 1.807) is 0 Å². The highest BCUT2D eigenvalue weighted by atomic mass is 79.9. The highest BCUT2D eigenvalue weighted by Crippen LogP contribution is 2.30. The van der Waals surface area contributed by atoms with Crippen molar-refractivity contribution in [2.24, 2.45) is 5.84 Å². The van der Waals surface area contributed by atoms with Gasteiger partial charge in [-0.25, -0.2) is 8.42 Å². The Morgan fingerprint density at radius 1 is 1.32 bits per heavy atom. The van der Waals surface area contributed by atoms with Gasteiger partial charge in [0.1, 0.15) is 4.90 Å². The van der Waals surface area contributed by atoms with E-state index in [0.717, 1.165) is 12.8 Å². The van der Waals surface area contributed by atoms with E-state index >= 15 is 0 Å². The van der Waals surface area contributed by atoms with Crippen molar-refractivity contribution in [1.82, 2.24) is 9.29 Å². The summed E-state index contributed by atoms with van der Waals surface area (Å²) >= 11 is 3.24. The Hall–Kier alpha value is -0.700. The number of sulfonamides is 1. The van der Waals surface area contributed by atoms with E-state index in [2.05, 4.69) is 26.3 Å². The van der Waals surface area contributed by atoms with Crippen LogP contribution in [-0.4, -0.2) is 30.8 Å². The largest absolute Gasteiger partial charge is 0.322 e. The first-order valence-corrected chi connectivity index (χ1v) is 8.32. The normalized spacial score (nSPS) is 11.8. The standard InChI is InChI=1S/C11H19BrN4O2S/c1-3-5-16(6-4-2)19(17,18)10-8-14-7-9(12)11(10)15-13/h7-8H,3-6,13H2,1-2H3,(H,14,15). The molecule has 0 saturated heterocycles. The first-order chi connectivity index (χ1) is 8.98. The van der Waals surface area contributed by atoms with Crippen molar-refractivity contribution in [3.8, 4) is 0 Å². The number of nitrogens with zero attached hydrogens (tertiary/aromatic N) is 2. The molecular formula is C11H19BrN4O2S. The number of rotatable bonds is 7. The van der Waals surface area contributed by atoms with Crippen molar-refractivity contribution in [2.45, 2.75) is 31.6 Å². The van der Waals surface area contributed by atoms with Crippen LogP contribution in [0.1, 0.15) is 26.7 Å². The molecule has 0 bridgehead atoms. The van der Waals surface area contributed by atoms with Crippen molar-refractivity contribution < 1.29 is 8.42 Å². The Morgan fingerprint density at radius 3 is 2.37 bits per heavy atom. The van der Waals surface area contributed by atoms with Crippen LogP contribution in [0, 0.1) is 0 Å². The molecule has 0 aromatic carbocycles. The van der Waals surface area contributed by atoms with Crippen LogP contribution in [0.15, 0.2) is 21.8 Å². The number of halogens is 1. The summed E-state index contributed by atoms with van der Waals surface area (Å²) in [7, 11) is -3.59. The van der Waals surface area contributed by atoms with Gasteiger partial charge in [0.25, 0.3) is 0 Å². The lowest BCUT2D eigenvalue weighted by Crippen LogP contribution is -2.33. The number of anilines is 1. The average Bonchev–Trinajstić information content (AvgIpc) is 2.38. The van der Waals surface area contributed by atoms with E-state index < -0.39 is 10.0 Å². The fraction of sp³-hybridized carbons (Fsp3) is 0.545. The van der Waals surface area contributed by atoms with Gasteiger partial charge < -0.3 is 5.43 Å². The zero-order valence-electron chi connectivity index (χ0n) is 11.1. The van der Waals surface area contributed by atoms with Crippen molar-refractivity contribution in [1.29, 1.82) is 0 Å². The topological polar surface area (TPSA) is 88.3 Å². The van der Waals surface area contributed by atoms with Gasteiger partial charge in [-0.05, 0) is 28.8 Å². The zero-order chi connectivity index (χ0) is 14.5. The van der Waals surface area contributed by atoms with Gasteiger partial charge in [-0.15, -0.1) is 0 Å². The molecule has 0 aliphatic carbocycles. The summed E-state index contributed by atoms with van der Waals surface area (Å²) in [6, 6.07) is 0. The van der Waals surface area contributed by atoms with Gasteiger partial charge in [-0.3, -0.25) is 10.8 Å². The SMILES string of the molecule is CCCN(CCC)S(=O)(=O)c1cncc(Br)c1NN. The van der Waals surface area contributed by atoms with Crippen LogP contribution in [0.4, 0.5) is 5.69 Å². The van der Waals surface area contributed by atoms with Crippen molar-refractivity contribution >= 4 is 31.6 Å². The third-order valence-electron chi connectivity index (χ3n) is 2.57. The Labute approximate surface area is 122 Å². The molecule has 0 fully saturated rings. The first-order valence-electron chi connectivity index (χ1n) is 6.09. The van der Waals surface area contributed by atoms with Crippen LogP contribution in [0.2, 0.25) is 0 Å². The molecule has 6 nitrogen and oxygen atoms in total. The molecule has 0 saturated carbocycles. The average molecular weight is 351 g/mol. The molecule has 0 unspecified atom stereocenters. The molecule has 19 heavy (non-hydrogen) atoms. The van der Waals surface area contributed by atoms with Gasteiger partial charge in [0, 0.05) is 25.5 Å². The summed E-state index contributed by atoms with van der Waals surface area (Å²) in [6.45, 7) is 4.85. The van der Waals surface area contributed by atoms with Gasteiger partial charge >= 0.3 is 0 Å². The maximum Gasteiger partial charge on any atom is 0.246 e. The van der Waals surface area contributed by atoms with Crippen LogP contribution < -0.4 is 11.3 Å². The summed E-state index contributed by atoms with van der Waals surface area (Å²) in [4.78, 5) is 4.00.